The van der Waals surface area contributed by atoms with Crippen LogP contribution in [0.15, 0.2) is 35.4 Å². The molecule has 0 radical (unpaired) electrons. The molecule has 1 atom stereocenters. The lowest BCUT2D eigenvalue weighted by molar-refractivity contribution is -0.127. The summed E-state index contributed by atoms with van der Waals surface area (Å²) < 4.78 is 5.64. The van der Waals surface area contributed by atoms with Crippen LogP contribution in [0.5, 0.6) is 5.75 Å². The third-order valence-corrected chi connectivity index (χ3v) is 4.22. The average molecular weight is 316 g/mol. The zero-order valence-corrected chi connectivity index (χ0v) is 14.0. The Balaban J connectivity index is 1.88. The highest BCUT2D eigenvalue weighted by atomic mass is 32.1. The molecular weight excluding hydrogens is 296 g/mol. The second-order valence-corrected chi connectivity index (χ2v) is 6.51. The molecule has 0 aliphatic heterocycles. The van der Waals surface area contributed by atoms with Crippen molar-refractivity contribution in [2.75, 3.05) is 0 Å². The maximum atomic E-state index is 11.9. The molecule has 1 amide bonds. The topological polar surface area (TPSA) is 50.7 Å². The Morgan fingerprint density at radius 2 is 2.00 bits per heavy atom. The van der Waals surface area contributed by atoms with Gasteiger partial charge in [-0.25, -0.2) is 5.43 Å². The summed E-state index contributed by atoms with van der Waals surface area (Å²) >= 11 is 1.62. The summed E-state index contributed by atoms with van der Waals surface area (Å²) in [5, 5.41) is 3.96. The number of amides is 1. The summed E-state index contributed by atoms with van der Waals surface area (Å²) in [4.78, 5) is 14.2. The van der Waals surface area contributed by atoms with Crippen LogP contribution < -0.4 is 10.2 Å². The number of hydrogen-bond donors (Lipinski definition) is 1. The normalized spacial score (nSPS) is 12.4. The molecule has 1 N–H and O–H groups in total. The molecule has 2 aromatic rings. The fourth-order valence-corrected chi connectivity index (χ4v) is 2.57. The predicted molar refractivity (Wildman–Crippen MR) is 90.8 cm³/mol. The van der Waals surface area contributed by atoms with Gasteiger partial charge in [0.25, 0.3) is 5.91 Å². The molecule has 1 aromatic heterocycles. The first-order chi connectivity index (χ1) is 10.5. The molecule has 1 aromatic carbocycles. The number of carbonyl (C=O) groups is 1. The van der Waals surface area contributed by atoms with Crippen molar-refractivity contribution in [1.29, 1.82) is 0 Å². The maximum Gasteiger partial charge on any atom is 0.280 e. The van der Waals surface area contributed by atoms with E-state index in [2.05, 4.69) is 10.5 Å². The van der Waals surface area contributed by atoms with Crippen molar-refractivity contribution in [3.8, 4) is 5.75 Å². The summed E-state index contributed by atoms with van der Waals surface area (Å²) in [6.45, 7) is 7.78. The van der Waals surface area contributed by atoms with Crippen LogP contribution in [0, 0.1) is 20.8 Å². The third-order valence-electron chi connectivity index (χ3n) is 3.29. The lowest BCUT2D eigenvalue weighted by Crippen LogP contribution is -2.33. The van der Waals surface area contributed by atoms with Gasteiger partial charge in [0.2, 0.25) is 0 Å². The summed E-state index contributed by atoms with van der Waals surface area (Å²) in [5.74, 6) is 0.409. The SMILES string of the molecule is Cc1ccc(/C=N/NC(=O)C(C)Oc2ccc(C)c(C)c2)s1. The molecule has 4 nitrogen and oxygen atoms in total. The lowest BCUT2D eigenvalue weighted by Gasteiger charge is -2.13. The Kier molecular flexibility index (Phi) is 5.33. The highest BCUT2D eigenvalue weighted by molar-refractivity contribution is 7.13. The Hall–Kier alpha value is -2.14. The zero-order valence-electron chi connectivity index (χ0n) is 13.2. The summed E-state index contributed by atoms with van der Waals surface area (Å²) in [7, 11) is 0. The van der Waals surface area contributed by atoms with Crippen molar-refractivity contribution in [1.82, 2.24) is 5.43 Å². The molecule has 1 heterocycles. The van der Waals surface area contributed by atoms with Crippen LogP contribution in [-0.2, 0) is 4.79 Å². The number of rotatable bonds is 5. The number of hydrazone groups is 1. The fraction of sp³-hybridized carbons (Fsp3) is 0.294. The fourth-order valence-electron chi connectivity index (χ4n) is 1.82. The number of benzene rings is 1. The Bertz CT molecular complexity index is 692. The summed E-state index contributed by atoms with van der Waals surface area (Å²) in [6.07, 6.45) is 1.03. The standard InChI is InChI=1S/C17H20N2O2S/c1-11-5-7-15(9-12(11)2)21-14(4)17(20)19-18-10-16-8-6-13(3)22-16/h5-10,14H,1-4H3,(H,19,20)/b18-10+. The molecule has 2 rings (SSSR count). The van der Waals surface area contributed by atoms with Crippen LogP contribution in [0.25, 0.3) is 0 Å². The first kappa shape index (κ1) is 16.2. The molecule has 22 heavy (non-hydrogen) atoms. The Morgan fingerprint density at radius 3 is 2.64 bits per heavy atom. The number of nitrogens with zero attached hydrogens (tertiary/aromatic N) is 1. The van der Waals surface area contributed by atoms with Gasteiger partial charge in [-0.1, -0.05) is 6.07 Å². The molecule has 0 bridgehead atoms. The quantitative estimate of drug-likeness (QED) is 0.677. The number of nitrogens with one attached hydrogen (secondary N) is 1. The van der Waals surface area contributed by atoms with Gasteiger partial charge in [-0.05, 0) is 63.1 Å². The van der Waals surface area contributed by atoms with Gasteiger partial charge in [0.05, 0.1) is 6.21 Å². The van der Waals surface area contributed by atoms with E-state index in [1.165, 1.54) is 10.4 Å². The van der Waals surface area contributed by atoms with Crippen molar-refractivity contribution in [3.05, 3.63) is 51.2 Å². The molecule has 5 heteroatoms. The first-order valence-electron chi connectivity index (χ1n) is 7.09. The molecule has 116 valence electrons. The summed E-state index contributed by atoms with van der Waals surface area (Å²) in [6, 6.07) is 9.75. The molecular formula is C17H20N2O2S. The van der Waals surface area contributed by atoms with E-state index in [0.717, 1.165) is 10.4 Å². The van der Waals surface area contributed by atoms with Gasteiger partial charge < -0.3 is 4.74 Å². The zero-order chi connectivity index (χ0) is 16.1. The molecule has 1 unspecified atom stereocenters. The van der Waals surface area contributed by atoms with E-state index in [9.17, 15) is 4.79 Å². The van der Waals surface area contributed by atoms with Crippen LogP contribution in [0.1, 0.15) is 27.8 Å². The van der Waals surface area contributed by atoms with E-state index in [4.69, 9.17) is 4.74 Å². The number of hydrogen-bond acceptors (Lipinski definition) is 4. The van der Waals surface area contributed by atoms with Crippen LogP contribution >= 0.6 is 11.3 Å². The van der Waals surface area contributed by atoms with Gasteiger partial charge in [-0.3, -0.25) is 4.79 Å². The van der Waals surface area contributed by atoms with Crippen LogP contribution in [-0.4, -0.2) is 18.2 Å². The van der Waals surface area contributed by atoms with Crippen molar-refractivity contribution in [2.24, 2.45) is 5.10 Å². The summed E-state index contributed by atoms with van der Waals surface area (Å²) in [5.41, 5.74) is 4.83. The molecule has 0 saturated carbocycles. The number of aryl methyl sites for hydroxylation is 3. The minimum Gasteiger partial charge on any atom is -0.481 e. The predicted octanol–water partition coefficient (Wildman–Crippen LogP) is 3.59. The maximum absolute atomic E-state index is 11.9. The smallest absolute Gasteiger partial charge is 0.280 e. The Morgan fingerprint density at radius 1 is 1.23 bits per heavy atom. The second-order valence-electron chi connectivity index (χ2n) is 5.19. The highest BCUT2D eigenvalue weighted by Crippen LogP contribution is 2.17. The monoisotopic (exact) mass is 316 g/mol. The van der Waals surface area contributed by atoms with E-state index in [1.807, 2.05) is 51.1 Å². The van der Waals surface area contributed by atoms with Crippen molar-refractivity contribution < 1.29 is 9.53 Å². The van der Waals surface area contributed by atoms with Crippen LogP contribution in [0.4, 0.5) is 0 Å². The first-order valence-corrected chi connectivity index (χ1v) is 7.90. The van der Waals surface area contributed by atoms with Gasteiger partial charge in [-0.2, -0.15) is 5.10 Å². The van der Waals surface area contributed by atoms with Gasteiger partial charge >= 0.3 is 0 Å². The largest absolute Gasteiger partial charge is 0.481 e. The van der Waals surface area contributed by atoms with Gasteiger partial charge in [-0.15, -0.1) is 11.3 Å². The third kappa shape index (κ3) is 4.43. The lowest BCUT2D eigenvalue weighted by atomic mass is 10.1. The number of carbonyl (C=O) groups excluding carboxylic acids is 1. The Labute approximate surface area is 134 Å². The van der Waals surface area contributed by atoms with Crippen molar-refractivity contribution in [2.45, 2.75) is 33.8 Å². The minimum atomic E-state index is -0.607. The molecule has 0 saturated heterocycles. The molecule has 0 aliphatic carbocycles. The van der Waals surface area contributed by atoms with Gasteiger partial charge in [0, 0.05) is 9.75 Å². The second kappa shape index (κ2) is 7.22. The number of thiophene rings is 1. The van der Waals surface area contributed by atoms with Crippen molar-refractivity contribution >= 4 is 23.5 Å². The van der Waals surface area contributed by atoms with E-state index >= 15 is 0 Å². The molecule has 0 spiro atoms. The number of ether oxygens (including phenoxy) is 1. The minimum absolute atomic E-state index is 0.275. The average Bonchev–Trinajstić information content (AvgIpc) is 2.88. The molecule has 0 fully saturated rings. The van der Waals surface area contributed by atoms with Crippen LogP contribution in [0.3, 0.4) is 0 Å². The highest BCUT2D eigenvalue weighted by Gasteiger charge is 2.14. The van der Waals surface area contributed by atoms with Gasteiger partial charge in [0.1, 0.15) is 5.75 Å². The van der Waals surface area contributed by atoms with E-state index < -0.39 is 6.10 Å². The van der Waals surface area contributed by atoms with E-state index in [-0.39, 0.29) is 5.91 Å². The van der Waals surface area contributed by atoms with Gasteiger partial charge in [0.15, 0.2) is 6.10 Å². The molecule has 0 aliphatic rings. The van der Waals surface area contributed by atoms with E-state index in [1.54, 1.807) is 24.5 Å². The van der Waals surface area contributed by atoms with Crippen LogP contribution in [0.2, 0.25) is 0 Å². The van der Waals surface area contributed by atoms with Crippen molar-refractivity contribution in [3.63, 3.8) is 0 Å². The van der Waals surface area contributed by atoms with E-state index in [0.29, 0.717) is 5.75 Å².